The molecule has 18 heavy (non-hydrogen) atoms. The van der Waals surface area contributed by atoms with Crippen molar-refractivity contribution < 1.29 is 9.47 Å². The largest absolute Gasteiger partial charge is 0.485 e. The molecule has 0 N–H and O–H groups in total. The highest BCUT2D eigenvalue weighted by Crippen LogP contribution is 2.48. The highest BCUT2D eigenvalue weighted by atomic mass is 32.1. The number of hydrogen-bond acceptors (Lipinski definition) is 6. The van der Waals surface area contributed by atoms with E-state index in [1.165, 1.54) is 0 Å². The van der Waals surface area contributed by atoms with Gasteiger partial charge in [-0.3, -0.25) is 9.97 Å². The molecule has 4 rings (SSSR count). The van der Waals surface area contributed by atoms with Gasteiger partial charge < -0.3 is 9.47 Å². The summed E-state index contributed by atoms with van der Waals surface area (Å²) >= 11 is 3.27. The van der Waals surface area contributed by atoms with Crippen molar-refractivity contribution >= 4 is 33.7 Å². The summed E-state index contributed by atoms with van der Waals surface area (Å²) in [6.45, 7) is 1.22. The van der Waals surface area contributed by atoms with Gasteiger partial charge in [-0.25, -0.2) is 0 Å². The van der Waals surface area contributed by atoms with Crippen LogP contribution in [0.4, 0.5) is 0 Å². The normalized spacial score (nSPS) is 14.0. The second-order valence-electron chi connectivity index (χ2n) is 3.81. The van der Waals surface area contributed by atoms with Crippen molar-refractivity contribution in [1.29, 1.82) is 0 Å². The average Bonchev–Trinajstić information content (AvgIpc) is 3.01. The molecule has 0 aliphatic carbocycles. The van der Waals surface area contributed by atoms with Crippen LogP contribution in [0.5, 0.6) is 11.5 Å². The Hall–Kier alpha value is -1.66. The number of ether oxygens (including phenoxy) is 2. The lowest BCUT2D eigenvalue weighted by Crippen LogP contribution is -2.14. The molecule has 4 nitrogen and oxygen atoms in total. The first-order chi connectivity index (χ1) is 8.93. The number of rotatable bonds is 1. The van der Waals surface area contributed by atoms with Crippen LogP contribution in [0.15, 0.2) is 23.2 Å². The molecule has 0 spiro atoms. The Morgan fingerprint density at radius 2 is 1.78 bits per heavy atom. The van der Waals surface area contributed by atoms with Crippen molar-refractivity contribution in [2.45, 2.75) is 0 Å². The minimum Gasteiger partial charge on any atom is -0.485 e. The van der Waals surface area contributed by atoms with Gasteiger partial charge in [0.1, 0.15) is 24.2 Å². The number of fused-ring (bicyclic) bond motifs is 2. The van der Waals surface area contributed by atoms with Crippen molar-refractivity contribution in [1.82, 2.24) is 9.97 Å². The van der Waals surface area contributed by atoms with Crippen molar-refractivity contribution in [2.75, 3.05) is 13.2 Å². The highest BCUT2D eigenvalue weighted by Gasteiger charge is 2.22. The first-order valence-corrected chi connectivity index (χ1v) is 7.25. The number of hydrogen-bond donors (Lipinski definition) is 0. The molecule has 6 heteroatoms. The highest BCUT2D eigenvalue weighted by molar-refractivity contribution is 7.22. The molecule has 0 fully saturated rings. The lowest BCUT2D eigenvalue weighted by molar-refractivity contribution is 0.174. The van der Waals surface area contributed by atoms with E-state index in [9.17, 15) is 0 Å². The fourth-order valence-corrected chi connectivity index (χ4v) is 3.99. The van der Waals surface area contributed by atoms with Gasteiger partial charge in [0.05, 0.1) is 9.75 Å². The maximum atomic E-state index is 5.71. The third kappa shape index (κ3) is 1.42. The summed E-state index contributed by atoms with van der Waals surface area (Å²) in [5.41, 5.74) is 1.86. The molecule has 4 heterocycles. The van der Waals surface area contributed by atoms with Gasteiger partial charge in [0, 0.05) is 23.2 Å². The van der Waals surface area contributed by atoms with Crippen LogP contribution in [0.3, 0.4) is 0 Å². The van der Waals surface area contributed by atoms with Gasteiger partial charge in [-0.05, 0) is 0 Å². The predicted octanol–water partition coefficient (Wildman–Crippen LogP) is 3.19. The third-order valence-corrected chi connectivity index (χ3v) is 4.80. The van der Waals surface area contributed by atoms with Crippen LogP contribution in [0.25, 0.3) is 20.8 Å². The second-order valence-corrected chi connectivity index (χ2v) is 5.57. The smallest absolute Gasteiger partial charge is 0.180 e. The summed E-state index contributed by atoms with van der Waals surface area (Å²) < 4.78 is 11.3. The molecule has 0 amide bonds. The van der Waals surface area contributed by atoms with Gasteiger partial charge in [-0.15, -0.1) is 22.7 Å². The Morgan fingerprint density at radius 3 is 2.78 bits per heavy atom. The second kappa shape index (κ2) is 3.93. The zero-order valence-electron chi connectivity index (χ0n) is 9.25. The fraction of sp³-hybridized carbons (Fsp3) is 0.167. The number of thiophene rings is 2. The van der Waals surface area contributed by atoms with E-state index >= 15 is 0 Å². The molecule has 3 aromatic heterocycles. The van der Waals surface area contributed by atoms with Crippen LogP contribution in [-0.4, -0.2) is 23.2 Å². The summed E-state index contributed by atoms with van der Waals surface area (Å²) in [4.78, 5) is 10.9. The monoisotopic (exact) mass is 276 g/mol. The van der Waals surface area contributed by atoms with E-state index in [-0.39, 0.29) is 0 Å². The van der Waals surface area contributed by atoms with Crippen LogP contribution >= 0.6 is 22.7 Å². The maximum absolute atomic E-state index is 5.71. The molecule has 1 aliphatic heterocycles. The van der Waals surface area contributed by atoms with E-state index < -0.39 is 0 Å². The van der Waals surface area contributed by atoms with Gasteiger partial charge in [0.15, 0.2) is 11.5 Å². The quantitative estimate of drug-likeness (QED) is 0.684. The first kappa shape index (κ1) is 10.3. The average molecular weight is 276 g/mol. The van der Waals surface area contributed by atoms with E-state index in [0.717, 1.165) is 32.3 Å². The minimum atomic E-state index is 0.603. The Balaban J connectivity index is 1.95. The predicted molar refractivity (Wildman–Crippen MR) is 71.7 cm³/mol. The van der Waals surface area contributed by atoms with Crippen molar-refractivity contribution in [3.05, 3.63) is 23.2 Å². The molecular formula is C12H8N2O2S2. The topological polar surface area (TPSA) is 44.2 Å². The van der Waals surface area contributed by atoms with Crippen LogP contribution in [0, 0.1) is 0 Å². The molecule has 1 aliphatic rings. The Kier molecular flexibility index (Phi) is 2.24. The van der Waals surface area contributed by atoms with Gasteiger partial charge in [-0.2, -0.15) is 0 Å². The number of nitrogens with zero attached hydrogens (tertiary/aromatic N) is 2. The first-order valence-electron chi connectivity index (χ1n) is 5.49. The summed E-state index contributed by atoms with van der Waals surface area (Å²) in [6, 6.07) is 0. The van der Waals surface area contributed by atoms with E-state index in [2.05, 4.69) is 9.97 Å². The molecule has 0 saturated carbocycles. The Morgan fingerprint density at radius 1 is 0.944 bits per heavy atom. The maximum Gasteiger partial charge on any atom is 0.180 e. The molecule has 0 unspecified atom stereocenters. The zero-order valence-corrected chi connectivity index (χ0v) is 10.9. The standard InChI is InChI=1S/C12H8N2O2S2/c1-2-14-9-7(13-1)5-17-11(9)12-10-8(6-18-12)15-3-4-16-10/h1-2,5-6H,3-4H2. The molecule has 0 aromatic carbocycles. The van der Waals surface area contributed by atoms with E-state index in [4.69, 9.17) is 9.47 Å². The molecule has 0 radical (unpaired) electrons. The van der Waals surface area contributed by atoms with Gasteiger partial charge in [0.25, 0.3) is 0 Å². The van der Waals surface area contributed by atoms with E-state index in [0.29, 0.717) is 13.2 Å². The molecule has 3 aromatic rings. The Bertz CT molecular complexity index is 720. The molecule has 90 valence electrons. The van der Waals surface area contributed by atoms with Gasteiger partial charge >= 0.3 is 0 Å². The zero-order chi connectivity index (χ0) is 11.9. The summed E-state index contributed by atoms with van der Waals surface area (Å²) in [5, 5.41) is 4.01. The van der Waals surface area contributed by atoms with Crippen molar-refractivity contribution in [2.24, 2.45) is 0 Å². The van der Waals surface area contributed by atoms with Crippen LogP contribution < -0.4 is 9.47 Å². The Labute approximate surface area is 111 Å². The van der Waals surface area contributed by atoms with Crippen molar-refractivity contribution in [3.8, 4) is 21.3 Å². The molecule has 0 saturated heterocycles. The van der Waals surface area contributed by atoms with Crippen molar-refractivity contribution in [3.63, 3.8) is 0 Å². The van der Waals surface area contributed by atoms with Crippen LogP contribution in [0.2, 0.25) is 0 Å². The summed E-state index contributed by atoms with van der Waals surface area (Å²) in [7, 11) is 0. The van der Waals surface area contributed by atoms with Crippen LogP contribution in [-0.2, 0) is 0 Å². The molecular weight excluding hydrogens is 268 g/mol. The molecule has 0 atom stereocenters. The van der Waals surface area contributed by atoms with Gasteiger partial charge in [-0.1, -0.05) is 0 Å². The fourth-order valence-electron chi connectivity index (χ4n) is 1.96. The van der Waals surface area contributed by atoms with E-state index in [1.54, 1.807) is 35.1 Å². The van der Waals surface area contributed by atoms with Crippen LogP contribution in [0.1, 0.15) is 0 Å². The molecule has 0 bridgehead atoms. The SMILES string of the molecule is c1cnc2c(-c3scc4c3OCCO4)scc2n1. The van der Waals surface area contributed by atoms with Gasteiger partial charge in [0.2, 0.25) is 0 Å². The number of aromatic nitrogens is 2. The lowest BCUT2D eigenvalue weighted by Gasteiger charge is -2.15. The summed E-state index contributed by atoms with van der Waals surface area (Å²) in [6.07, 6.45) is 3.43. The lowest BCUT2D eigenvalue weighted by atomic mass is 10.3. The van der Waals surface area contributed by atoms with E-state index in [1.807, 2.05) is 10.8 Å². The third-order valence-electron chi connectivity index (χ3n) is 2.74. The minimum absolute atomic E-state index is 0.603. The summed E-state index contributed by atoms with van der Waals surface area (Å²) in [5.74, 6) is 1.69.